The molecular formula is C21H29NO3. The van der Waals surface area contributed by atoms with Crippen LogP contribution in [0.25, 0.3) is 0 Å². The fraction of sp³-hybridized carbons (Fsp3) is 0.667. The zero-order valence-electron chi connectivity index (χ0n) is 15.6. The van der Waals surface area contributed by atoms with E-state index >= 15 is 0 Å². The van der Waals surface area contributed by atoms with Crippen LogP contribution in [0.15, 0.2) is 12.1 Å². The molecule has 4 aliphatic rings. The van der Waals surface area contributed by atoms with E-state index in [1.54, 1.807) is 11.1 Å². The van der Waals surface area contributed by atoms with Crippen LogP contribution in [0.1, 0.15) is 86.5 Å². The second kappa shape index (κ2) is 6.31. The molecule has 3 aliphatic carbocycles. The Bertz CT molecular complexity index is 668. The number of rotatable bonds is 2. The maximum atomic E-state index is 12.1. The summed E-state index contributed by atoms with van der Waals surface area (Å²) in [5.74, 6) is 1.68. The number of hydrogen-bond donors (Lipinski definition) is 1. The van der Waals surface area contributed by atoms with Crippen LogP contribution < -0.4 is 5.32 Å². The Hall–Kier alpha value is -1.55. The second-order valence-corrected chi connectivity index (χ2v) is 8.78. The van der Waals surface area contributed by atoms with Crippen molar-refractivity contribution in [2.75, 3.05) is 13.2 Å². The standard InChI is InChI=1S/C21H29NO3/c1-21(2,3)25-20(23)22-10-16-12-24-11-15-8-9-17-13-4-6-14(7-5-13)19(17)18(15)16/h8-9,13-14,16H,4-7,10-12H2,1-3H3,(H,22,23). The lowest BCUT2D eigenvalue weighted by Gasteiger charge is -2.42. The van der Waals surface area contributed by atoms with E-state index in [1.807, 2.05) is 20.8 Å². The van der Waals surface area contributed by atoms with Gasteiger partial charge in [-0.05, 0) is 80.5 Å². The molecule has 2 bridgehead atoms. The lowest BCUT2D eigenvalue weighted by atomic mass is 9.64. The maximum Gasteiger partial charge on any atom is 0.407 e. The van der Waals surface area contributed by atoms with Crippen molar-refractivity contribution in [3.63, 3.8) is 0 Å². The van der Waals surface area contributed by atoms with Crippen molar-refractivity contribution in [2.45, 2.75) is 76.4 Å². The molecule has 1 aliphatic heterocycles. The molecule has 1 fully saturated rings. The quantitative estimate of drug-likeness (QED) is 0.855. The molecule has 0 saturated heterocycles. The summed E-state index contributed by atoms with van der Waals surface area (Å²) in [7, 11) is 0. The van der Waals surface area contributed by atoms with Crippen LogP contribution >= 0.6 is 0 Å². The van der Waals surface area contributed by atoms with Crippen LogP contribution in [0.3, 0.4) is 0 Å². The van der Waals surface area contributed by atoms with E-state index in [0.29, 0.717) is 25.7 Å². The third-order valence-electron chi connectivity index (χ3n) is 5.86. The Kier molecular flexibility index (Phi) is 4.27. The molecule has 1 heterocycles. The van der Waals surface area contributed by atoms with Gasteiger partial charge in [-0.15, -0.1) is 0 Å². The van der Waals surface area contributed by atoms with E-state index < -0.39 is 5.60 Å². The van der Waals surface area contributed by atoms with Gasteiger partial charge in [-0.1, -0.05) is 12.1 Å². The number of ether oxygens (including phenoxy) is 2. The molecule has 1 saturated carbocycles. The highest BCUT2D eigenvalue weighted by molar-refractivity contribution is 5.67. The van der Waals surface area contributed by atoms with Gasteiger partial charge in [-0.3, -0.25) is 0 Å². The minimum atomic E-state index is -0.469. The Morgan fingerprint density at radius 1 is 1.16 bits per heavy atom. The summed E-state index contributed by atoms with van der Waals surface area (Å²) in [5, 5.41) is 2.96. The Labute approximate surface area is 150 Å². The van der Waals surface area contributed by atoms with Gasteiger partial charge < -0.3 is 14.8 Å². The lowest BCUT2D eigenvalue weighted by Crippen LogP contribution is -2.37. The van der Waals surface area contributed by atoms with Crippen molar-refractivity contribution in [1.82, 2.24) is 5.32 Å². The third-order valence-corrected chi connectivity index (χ3v) is 5.86. The first-order valence-electron chi connectivity index (χ1n) is 9.62. The van der Waals surface area contributed by atoms with Crippen molar-refractivity contribution in [2.24, 2.45) is 0 Å². The van der Waals surface area contributed by atoms with Crippen molar-refractivity contribution in [1.29, 1.82) is 0 Å². The van der Waals surface area contributed by atoms with E-state index in [0.717, 1.165) is 5.92 Å². The number of hydrogen-bond acceptors (Lipinski definition) is 3. The van der Waals surface area contributed by atoms with Crippen LogP contribution in [-0.2, 0) is 16.1 Å². The predicted molar refractivity (Wildman–Crippen MR) is 97.0 cm³/mol. The SMILES string of the molecule is CC(C)(C)OC(=O)NCC1COCc2ccc3c(c21)C1CCC3CC1. The van der Waals surface area contributed by atoms with Gasteiger partial charge in [0.05, 0.1) is 13.2 Å². The van der Waals surface area contributed by atoms with Gasteiger partial charge in [-0.25, -0.2) is 4.79 Å². The van der Waals surface area contributed by atoms with Gasteiger partial charge in [0.1, 0.15) is 5.60 Å². The normalized spacial score (nSPS) is 27.4. The highest BCUT2D eigenvalue weighted by Crippen LogP contribution is 2.52. The summed E-state index contributed by atoms with van der Waals surface area (Å²) < 4.78 is 11.2. The predicted octanol–water partition coefficient (Wildman–Crippen LogP) is 4.58. The number of nitrogens with one attached hydrogen (secondary N) is 1. The van der Waals surface area contributed by atoms with Crippen LogP contribution in [0, 0.1) is 0 Å². The molecule has 25 heavy (non-hydrogen) atoms. The third kappa shape index (κ3) is 3.29. The number of carbonyl (C=O) groups excluding carboxylic acids is 1. The summed E-state index contributed by atoms with van der Waals surface area (Å²) in [6.07, 6.45) is 4.98. The average molecular weight is 343 g/mol. The van der Waals surface area contributed by atoms with Gasteiger partial charge in [0.25, 0.3) is 0 Å². The fourth-order valence-electron chi connectivity index (χ4n) is 4.89. The van der Waals surface area contributed by atoms with E-state index in [1.165, 1.54) is 36.8 Å². The van der Waals surface area contributed by atoms with Crippen molar-refractivity contribution in [3.05, 3.63) is 34.4 Å². The molecule has 1 aromatic rings. The number of amides is 1. The maximum absolute atomic E-state index is 12.1. The molecule has 4 heteroatoms. The molecule has 1 aromatic carbocycles. The summed E-state index contributed by atoms with van der Waals surface area (Å²) in [6.45, 7) is 7.62. The highest BCUT2D eigenvalue weighted by atomic mass is 16.6. The van der Waals surface area contributed by atoms with Crippen LogP contribution in [0.4, 0.5) is 4.79 Å². The van der Waals surface area contributed by atoms with Crippen molar-refractivity contribution < 1.29 is 14.3 Å². The molecule has 1 atom stereocenters. The first kappa shape index (κ1) is 16.9. The Morgan fingerprint density at radius 2 is 1.88 bits per heavy atom. The minimum Gasteiger partial charge on any atom is -0.444 e. The summed E-state index contributed by atoms with van der Waals surface area (Å²) in [4.78, 5) is 12.1. The molecule has 4 nitrogen and oxygen atoms in total. The summed E-state index contributed by atoms with van der Waals surface area (Å²) in [6, 6.07) is 4.60. The Morgan fingerprint density at radius 3 is 2.60 bits per heavy atom. The number of carbonyl (C=O) groups is 1. The number of alkyl carbamates (subject to hydrolysis) is 1. The Balaban J connectivity index is 1.58. The molecule has 1 unspecified atom stereocenters. The van der Waals surface area contributed by atoms with Gasteiger partial charge in [-0.2, -0.15) is 0 Å². The smallest absolute Gasteiger partial charge is 0.407 e. The number of fused-ring (bicyclic) bond motifs is 3. The molecule has 0 radical (unpaired) electrons. The van der Waals surface area contributed by atoms with E-state index in [2.05, 4.69) is 17.4 Å². The van der Waals surface area contributed by atoms with Gasteiger partial charge >= 0.3 is 6.09 Å². The largest absolute Gasteiger partial charge is 0.444 e. The van der Waals surface area contributed by atoms with Crippen LogP contribution in [0.5, 0.6) is 0 Å². The zero-order chi connectivity index (χ0) is 17.6. The molecule has 1 amide bonds. The first-order chi connectivity index (χ1) is 11.9. The number of benzene rings is 1. The topological polar surface area (TPSA) is 47.6 Å². The molecule has 0 spiro atoms. The average Bonchev–Trinajstić information content (AvgIpc) is 2.59. The van der Waals surface area contributed by atoms with Gasteiger partial charge in [0.2, 0.25) is 0 Å². The monoisotopic (exact) mass is 343 g/mol. The first-order valence-corrected chi connectivity index (χ1v) is 9.62. The molecule has 1 N–H and O–H groups in total. The molecule has 5 rings (SSSR count). The van der Waals surface area contributed by atoms with E-state index in [9.17, 15) is 4.79 Å². The zero-order valence-corrected chi connectivity index (χ0v) is 15.6. The molecule has 136 valence electrons. The van der Waals surface area contributed by atoms with E-state index in [-0.39, 0.29) is 12.0 Å². The van der Waals surface area contributed by atoms with Crippen molar-refractivity contribution in [3.8, 4) is 0 Å². The van der Waals surface area contributed by atoms with Gasteiger partial charge in [0, 0.05) is 12.5 Å². The lowest BCUT2D eigenvalue weighted by molar-refractivity contribution is 0.0498. The van der Waals surface area contributed by atoms with E-state index in [4.69, 9.17) is 9.47 Å². The fourth-order valence-corrected chi connectivity index (χ4v) is 4.89. The van der Waals surface area contributed by atoms with Crippen LogP contribution in [-0.4, -0.2) is 24.8 Å². The van der Waals surface area contributed by atoms with Gasteiger partial charge in [0.15, 0.2) is 0 Å². The van der Waals surface area contributed by atoms with Crippen LogP contribution in [0.2, 0.25) is 0 Å². The van der Waals surface area contributed by atoms with Crippen molar-refractivity contribution >= 4 is 6.09 Å². The minimum absolute atomic E-state index is 0.227. The molecular weight excluding hydrogens is 314 g/mol. The molecule has 0 aromatic heterocycles. The summed E-state index contributed by atoms with van der Waals surface area (Å²) >= 11 is 0. The highest BCUT2D eigenvalue weighted by Gasteiger charge is 2.37. The second-order valence-electron chi connectivity index (χ2n) is 8.78. The summed E-state index contributed by atoms with van der Waals surface area (Å²) in [5.41, 5.74) is 5.48.